The summed E-state index contributed by atoms with van der Waals surface area (Å²) in [5, 5.41) is 13.2. The summed E-state index contributed by atoms with van der Waals surface area (Å²) in [7, 11) is 1.46. The Morgan fingerprint density at radius 3 is 2.20 bits per heavy atom. The fourth-order valence-electron chi connectivity index (χ4n) is 2.51. The predicted molar refractivity (Wildman–Crippen MR) is 85.3 cm³/mol. The molecule has 0 saturated heterocycles. The number of methoxy groups -OCH3 is 1. The molecule has 0 spiro atoms. The van der Waals surface area contributed by atoms with Crippen LogP contribution in [0.4, 0.5) is 13.2 Å². The number of aromatic nitrogens is 2. The molecule has 0 bridgehead atoms. The molecule has 0 fully saturated rings. The molecular weight excluding hydrogens is 331 g/mol. The van der Waals surface area contributed by atoms with Gasteiger partial charge in [0, 0.05) is 0 Å². The first kappa shape index (κ1) is 16.6. The van der Waals surface area contributed by atoms with Gasteiger partial charge in [-0.1, -0.05) is 30.3 Å². The van der Waals surface area contributed by atoms with Gasteiger partial charge in [0.2, 0.25) is 0 Å². The zero-order valence-electron chi connectivity index (χ0n) is 13.1. The SMILES string of the molecule is COc1ccc(-c2c(C(F)(F)F)nn(-c3ccccc3)c2C#N)cc1. The van der Waals surface area contributed by atoms with E-state index in [4.69, 9.17) is 4.74 Å². The number of benzene rings is 2. The zero-order chi connectivity index (χ0) is 18.0. The lowest BCUT2D eigenvalue weighted by atomic mass is 10.0. The van der Waals surface area contributed by atoms with Crippen LogP contribution in [-0.4, -0.2) is 16.9 Å². The van der Waals surface area contributed by atoms with E-state index in [0.29, 0.717) is 11.4 Å². The molecule has 7 heteroatoms. The number of hydrogen-bond donors (Lipinski definition) is 0. The van der Waals surface area contributed by atoms with Crippen LogP contribution in [0.2, 0.25) is 0 Å². The van der Waals surface area contributed by atoms with Gasteiger partial charge in [-0.2, -0.15) is 23.5 Å². The number of nitrogens with zero attached hydrogens (tertiary/aromatic N) is 3. The van der Waals surface area contributed by atoms with Crippen LogP contribution >= 0.6 is 0 Å². The van der Waals surface area contributed by atoms with E-state index in [2.05, 4.69) is 5.10 Å². The first-order valence-corrected chi connectivity index (χ1v) is 7.26. The Bertz CT molecular complexity index is 923. The summed E-state index contributed by atoms with van der Waals surface area (Å²) in [5.74, 6) is 0.506. The number of halogens is 3. The fourth-order valence-corrected chi connectivity index (χ4v) is 2.51. The average Bonchev–Trinajstić information content (AvgIpc) is 3.02. The first-order valence-electron chi connectivity index (χ1n) is 7.26. The molecule has 3 rings (SSSR count). The number of nitriles is 1. The molecule has 126 valence electrons. The minimum atomic E-state index is -4.69. The van der Waals surface area contributed by atoms with Crippen molar-refractivity contribution in [2.45, 2.75) is 6.18 Å². The van der Waals surface area contributed by atoms with Crippen molar-refractivity contribution in [2.75, 3.05) is 7.11 Å². The normalized spacial score (nSPS) is 11.2. The molecule has 4 nitrogen and oxygen atoms in total. The minimum Gasteiger partial charge on any atom is -0.497 e. The molecule has 0 N–H and O–H groups in total. The van der Waals surface area contributed by atoms with Crippen LogP contribution < -0.4 is 4.74 Å². The van der Waals surface area contributed by atoms with Gasteiger partial charge >= 0.3 is 6.18 Å². The largest absolute Gasteiger partial charge is 0.497 e. The summed E-state index contributed by atoms with van der Waals surface area (Å²) in [5.41, 5.74) is -0.903. The van der Waals surface area contributed by atoms with Crippen molar-refractivity contribution in [3.63, 3.8) is 0 Å². The van der Waals surface area contributed by atoms with Gasteiger partial charge in [-0.05, 0) is 29.8 Å². The quantitative estimate of drug-likeness (QED) is 0.706. The Balaban J connectivity index is 2.28. The van der Waals surface area contributed by atoms with Crippen LogP contribution in [0.3, 0.4) is 0 Å². The summed E-state index contributed by atoms with van der Waals surface area (Å²) in [4.78, 5) is 0. The molecule has 0 aliphatic rings. The molecule has 25 heavy (non-hydrogen) atoms. The van der Waals surface area contributed by atoms with E-state index in [1.807, 2.05) is 6.07 Å². The molecule has 0 saturated carbocycles. The third-order valence-corrected chi connectivity index (χ3v) is 3.64. The summed E-state index contributed by atoms with van der Waals surface area (Å²) in [6.45, 7) is 0. The maximum Gasteiger partial charge on any atom is 0.435 e. The van der Waals surface area contributed by atoms with E-state index >= 15 is 0 Å². The molecule has 0 unspecified atom stereocenters. The number of ether oxygens (including phenoxy) is 1. The summed E-state index contributed by atoms with van der Waals surface area (Å²) < 4.78 is 46.6. The molecule has 1 aromatic heterocycles. The second kappa shape index (κ2) is 6.32. The smallest absolute Gasteiger partial charge is 0.435 e. The highest BCUT2D eigenvalue weighted by Gasteiger charge is 2.40. The molecule has 0 aliphatic heterocycles. The highest BCUT2D eigenvalue weighted by molar-refractivity contribution is 5.73. The van der Waals surface area contributed by atoms with Crippen LogP contribution in [-0.2, 0) is 6.18 Å². The topological polar surface area (TPSA) is 50.8 Å². The maximum atomic E-state index is 13.5. The van der Waals surface area contributed by atoms with Gasteiger partial charge in [0.1, 0.15) is 11.8 Å². The van der Waals surface area contributed by atoms with E-state index in [-0.39, 0.29) is 16.8 Å². The number of alkyl halides is 3. The number of hydrogen-bond acceptors (Lipinski definition) is 3. The van der Waals surface area contributed by atoms with Crippen molar-refractivity contribution in [2.24, 2.45) is 0 Å². The van der Waals surface area contributed by atoms with Gasteiger partial charge in [0.05, 0.1) is 18.4 Å². The Kier molecular flexibility index (Phi) is 4.19. The van der Waals surface area contributed by atoms with E-state index in [1.54, 1.807) is 30.3 Å². The fraction of sp³-hybridized carbons (Fsp3) is 0.111. The van der Waals surface area contributed by atoms with Gasteiger partial charge in [-0.3, -0.25) is 0 Å². The number of para-hydroxylation sites is 1. The van der Waals surface area contributed by atoms with E-state index in [0.717, 1.165) is 4.68 Å². The Morgan fingerprint density at radius 1 is 1.04 bits per heavy atom. The molecule has 3 aromatic rings. The average molecular weight is 343 g/mol. The summed E-state index contributed by atoms with van der Waals surface area (Å²) in [6.07, 6.45) is -4.69. The molecule has 0 atom stereocenters. The Labute approximate surface area is 141 Å². The highest BCUT2D eigenvalue weighted by atomic mass is 19.4. The van der Waals surface area contributed by atoms with Crippen molar-refractivity contribution < 1.29 is 17.9 Å². The van der Waals surface area contributed by atoms with Crippen molar-refractivity contribution in [3.8, 4) is 28.6 Å². The van der Waals surface area contributed by atoms with Crippen molar-refractivity contribution in [1.29, 1.82) is 5.26 Å². The van der Waals surface area contributed by atoms with Crippen molar-refractivity contribution in [3.05, 3.63) is 66.0 Å². The molecular formula is C18H12F3N3O. The maximum absolute atomic E-state index is 13.5. The lowest BCUT2D eigenvalue weighted by Gasteiger charge is -2.07. The van der Waals surface area contributed by atoms with Gasteiger partial charge in [-0.15, -0.1) is 0 Å². The van der Waals surface area contributed by atoms with Gasteiger partial charge < -0.3 is 4.74 Å². The van der Waals surface area contributed by atoms with Crippen molar-refractivity contribution >= 4 is 0 Å². The summed E-state index contributed by atoms with van der Waals surface area (Å²) >= 11 is 0. The van der Waals surface area contributed by atoms with Crippen LogP contribution in [0, 0.1) is 11.3 Å². The van der Waals surface area contributed by atoms with Gasteiger partial charge in [0.25, 0.3) is 0 Å². The molecule has 0 aliphatic carbocycles. The van der Waals surface area contributed by atoms with E-state index in [1.165, 1.54) is 31.4 Å². The van der Waals surface area contributed by atoms with E-state index < -0.39 is 11.9 Å². The Hall–Kier alpha value is -3.27. The molecule has 0 amide bonds. The van der Waals surface area contributed by atoms with Crippen LogP contribution in [0.25, 0.3) is 16.8 Å². The highest BCUT2D eigenvalue weighted by Crippen LogP contribution is 2.39. The van der Waals surface area contributed by atoms with E-state index in [9.17, 15) is 18.4 Å². The molecule has 2 aromatic carbocycles. The lowest BCUT2D eigenvalue weighted by Crippen LogP contribution is -2.08. The van der Waals surface area contributed by atoms with Gasteiger partial charge in [-0.25, -0.2) is 4.68 Å². The third kappa shape index (κ3) is 3.06. The first-order chi connectivity index (χ1) is 12.0. The van der Waals surface area contributed by atoms with Crippen LogP contribution in [0.5, 0.6) is 5.75 Å². The third-order valence-electron chi connectivity index (χ3n) is 3.64. The summed E-state index contributed by atoms with van der Waals surface area (Å²) in [6, 6.07) is 16.1. The minimum absolute atomic E-state index is 0.177. The second-order valence-electron chi connectivity index (χ2n) is 5.16. The Morgan fingerprint density at radius 2 is 1.68 bits per heavy atom. The second-order valence-corrected chi connectivity index (χ2v) is 5.16. The molecule has 0 radical (unpaired) electrons. The lowest BCUT2D eigenvalue weighted by molar-refractivity contribution is -0.140. The number of rotatable bonds is 3. The predicted octanol–water partition coefficient (Wildman–Crippen LogP) is 4.44. The zero-order valence-corrected chi connectivity index (χ0v) is 13.1. The standard InChI is InChI=1S/C18H12F3N3O/c1-25-14-9-7-12(8-10-14)16-15(11-22)24(13-5-3-2-4-6-13)23-17(16)18(19,20)21/h2-10H,1H3. The monoisotopic (exact) mass is 343 g/mol. The van der Waals surface area contributed by atoms with Gasteiger partial charge in [0.15, 0.2) is 11.4 Å². The van der Waals surface area contributed by atoms with Crippen LogP contribution in [0.15, 0.2) is 54.6 Å². The molecule has 1 heterocycles. The van der Waals surface area contributed by atoms with Crippen LogP contribution in [0.1, 0.15) is 11.4 Å². The van der Waals surface area contributed by atoms with Crippen molar-refractivity contribution in [1.82, 2.24) is 9.78 Å².